The molecule has 0 aliphatic heterocycles. The van der Waals surface area contributed by atoms with Crippen molar-refractivity contribution < 1.29 is 8.83 Å². The number of hydrogen-bond acceptors (Lipinski definition) is 5. The Kier molecular flexibility index (Phi) is 7.37. The summed E-state index contributed by atoms with van der Waals surface area (Å²) in [7, 11) is 0. The Morgan fingerprint density at radius 2 is 1.07 bits per heavy atom. The standard InChI is InChI=1S/C53H32N2O2S/c1-2-12-36(13-3-1)53-54-46-32-45-42-16-6-8-19-47(42)56-51(45)50(52(46)57-53)35-23-27-38(28-24-35)55(39-29-30-49-44(31-39)43-17-7-9-20-48(43)58-49)37-25-21-34(22-26-37)41-18-10-14-33-11-4-5-15-40(33)41/h1-32H. The van der Waals surface area contributed by atoms with Gasteiger partial charge in [0.05, 0.1) is 5.56 Å². The van der Waals surface area contributed by atoms with E-state index in [2.05, 4.69) is 150 Å². The lowest BCUT2D eigenvalue weighted by Crippen LogP contribution is -2.09. The number of furan rings is 1. The molecule has 0 saturated heterocycles. The summed E-state index contributed by atoms with van der Waals surface area (Å²) in [4.78, 5) is 7.35. The number of anilines is 3. The van der Waals surface area contributed by atoms with Crippen molar-refractivity contribution in [2.45, 2.75) is 0 Å². The number of nitrogens with zero attached hydrogens (tertiary/aromatic N) is 2. The van der Waals surface area contributed by atoms with E-state index in [1.165, 1.54) is 42.1 Å². The fraction of sp³-hybridized carbons (Fsp3) is 0. The van der Waals surface area contributed by atoms with Gasteiger partial charge in [0.25, 0.3) is 0 Å². The molecule has 0 fully saturated rings. The fourth-order valence-corrected chi connectivity index (χ4v) is 9.64. The second-order valence-electron chi connectivity index (χ2n) is 14.7. The minimum Gasteiger partial charge on any atom is -0.455 e. The van der Waals surface area contributed by atoms with Gasteiger partial charge in [0.15, 0.2) is 5.58 Å². The number of oxazole rings is 1. The Morgan fingerprint density at radius 3 is 1.90 bits per heavy atom. The van der Waals surface area contributed by atoms with Gasteiger partial charge in [-0.25, -0.2) is 4.98 Å². The maximum atomic E-state index is 6.62. The highest BCUT2D eigenvalue weighted by atomic mass is 32.1. The van der Waals surface area contributed by atoms with Crippen molar-refractivity contribution in [2.24, 2.45) is 0 Å². The van der Waals surface area contributed by atoms with E-state index in [-0.39, 0.29) is 0 Å². The molecule has 0 aliphatic rings. The van der Waals surface area contributed by atoms with E-state index in [4.69, 9.17) is 13.8 Å². The van der Waals surface area contributed by atoms with E-state index in [1.54, 1.807) is 0 Å². The first-order valence-corrected chi connectivity index (χ1v) is 20.3. The van der Waals surface area contributed by atoms with E-state index < -0.39 is 0 Å². The Hall–Kier alpha value is -7.47. The Bertz CT molecular complexity index is 3500. The van der Waals surface area contributed by atoms with Crippen molar-refractivity contribution in [1.29, 1.82) is 0 Å². The molecule has 0 atom stereocenters. The van der Waals surface area contributed by atoms with E-state index in [0.29, 0.717) is 11.5 Å². The molecule has 9 aromatic carbocycles. The van der Waals surface area contributed by atoms with Crippen molar-refractivity contribution in [2.75, 3.05) is 4.90 Å². The van der Waals surface area contributed by atoms with Gasteiger partial charge in [-0.1, -0.05) is 121 Å². The van der Waals surface area contributed by atoms with Gasteiger partial charge in [-0.2, -0.15) is 0 Å². The molecule has 0 unspecified atom stereocenters. The molecule has 3 aromatic heterocycles. The number of benzene rings is 9. The monoisotopic (exact) mass is 760 g/mol. The van der Waals surface area contributed by atoms with E-state index >= 15 is 0 Å². The third-order valence-electron chi connectivity index (χ3n) is 11.3. The number of para-hydroxylation sites is 1. The van der Waals surface area contributed by atoms with Crippen molar-refractivity contribution in [1.82, 2.24) is 4.98 Å². The summed E-state index contributed by atoms with van der Waals surface area (Å²) in [5, 5.41) is 7.08. The van der Waals surface area contributed by atoms with Gasteiger partial charge in [0, 0.05) is 53.6 Å². The molecule has 0 aliphatic carbocycles. The van der Waals surface area contributed by atoms with E-state index in [9.17, 15) is 0 Å². The maximum absolute atomic E-state index is 6.62. The lowest BCUT2D eigenvalue weighted by atomic mass is 9.98. The van der Waals surface area contributed by atoms with Gasteiger partial charge in [0.2, 0.25) is 5.89 Å². The van der Waals surface area contributed by atoms with E-state index in [0.717, 1.165) is 61.2 Å². The Labute approximate surface area is 337 Å². The minimum atomic E-state index is 0.583. The smallest absolute Gasteiger partial charge is 0.227 e. The second kappa shape index (κ2) is 13.1. The maximum Gasteiger partial charge on any atom is 0.227 e. The molecule has 0 amide bonds. The molecule has 0 bridgehead atoms. The molecule has 3 heterocycles. The molecule has 0 radical (unpaired) electrons. The molecule has 272 valence electrons. The largest absolute Gasteiger partial charge is 0.455 e. The first-order chi connectivity index (χ1) is 28.7. The van der Waals surface area contributed by atoms with E-state index in [1.807, 2.05) is 59.9 Å². The summed E-state index contributed by atoms with van der Waals surface area (Å²) in [6.07, 6.45) is 0. The van der Waals surface area contributed by atoms with Crippen LogP contribution < -0.4 is 4.90 Å². The van der Waals surface area contributed by atoms with Crippen molar-refractivity contribution in [3.63, 3.8) is 0 Å². The number of rotatable bonds is 6. The summed E-state index contributed by atoms with van der Waals surface area (Å²) >= 11 is 1.84. The number of aromatic nitrogens is 1. The van der Waals surface area contributed by atoms with Crippen molar-refractivity contribution in [3.05, 3.63) is 194 Å². The molecule has 0 saturated carbocycles. The van der Waals surface area contributed by atoms with Crippen LogP contribution in [0.4, 0.5) is 17.1 Å². The zero-order valence-electron chi connectivity index (χ0n) is 31.1. The van der Waals surface area contributed by atoms with Gasteiger partial charge in [-0.05, 0) is 100 Å². The molecule has 58 heavy (non-hydrogen) atoms. The summed E-state index contributed by atoms with van der Waals surface area (Å²) in [5.41, 5.74) is 11.5. The molecule has 0 N–H and O–H groups in total. The average molecular weight is 761 g/mol. The lowest BCUT2D eigenvalue weighted by molar-refractivity contribution is 0.619. The summed E-state index contributed by atoms with van der Waals surface area (Å²) in [5.74, 6) is 0.583. The van der Waals surface area contributed by atoms with Gasteiger partial charge < -0.3 is 13.7 Å². The highest BCUT2D eigenvalue weighted by Gasteiger charge is 2.22. The van der Waals surface area contributed by atoms with Gasteiger partial charge >= 0.3 is 0 Å². The van der Waals surface area contributed by atoms with Crippen LogP contribution in [0.5, 0.6) is 0 Å². The lowest BCUT2D eigenvalue weighted by Gasteiger charge is -2.26. The normalized spacial score (nSPS) is 11.8. The first kappa shape index (κ1) is 32.7. The molecular formula is C53H32N2O2S. The van der Waals surface area contributed by atoms with Gasteiger partial charge in [0.1, 0.15) is 16.7 Å². The Balaban J connectivity index is 1.02. The van der Waals surface area contributed by atoms with Crippen LogP contribution in [-0.2, 0) is 0 Å². The highest BCUT2D eigenvalue weighted by molar-refractivity contribution is 7.25. The molecule has 0 spiro atoms. The predicted molar refractivity (Wildman–Crippen MR) is 243 cm³/mol. The highest BCUT2D eigenvalue weighted by Crippen LogP contribution is 2.45. The quantitative estimate of drug-likeness (QED) is 0.169. The first-order valence-electron chi connectivity index (χ1n) is 19.4. The van der Waals surface area contributed by atoms with Crippen molar-refractivity contribution >= 4 is 92.4 Å². The summed E-state index contributed by atoms with van der Waals surface area (Å²) < 4.78 is 15.8. The molecule has 12 rings (SSSR count). The number of fused-ring (bicyclic) bond motifs is 8. The summed E-state index contributed by atoms with van der Waals surface area (Å²) in [6.45, 7) is 0. The van der Waals surface area contributed by atoms with Gasteiger partial charge in [-0.15, -0.1) is 11.3 Å². The fourth-order valence-electron chi connectivity index (χ4n) is 8.55. The van der Waals surface area contributed by atoms with Gasteiger partial charge in [-0.3, -0.25) is 0 Å². The predicted octanol–water partition coefficient (Wildman–Crippen LogP) is 15.7. The van der Waals surface area contributed by atoms with Crippen LogP contribution in [0.25, 0.3) is 97.7 Å². The molecule has 4 nitrogen and oxygen atoms in total. The average Bonchev–Trinajstić information content (AvgIpc) is 4.00. The van der Waals surface area contributed by atoms with Crippen LogP contribution in [0.2, 0.25) is 0 Å². The molecular weight excluding hydrogens is 729 g/mol. The zero-order chi connectivity index (χ0) is 38.2. The second-order valence-corrected chi connectivity index (χ2v) is 15.8. The van der Waals surface area contributed by atoms with Crippen LogP contribution in [0.1, 0.15) is 0 Å². The van der Waals surface area contributed by atoms with Crippen LogP contribution in [0, 0.1) is 0 Å². The van der Waals surface area contributed by atoms with Crippen LogP contribution >= 0.6 is 11.3 Å². The van der Waals surface area contributed by atoms with Crippen LogP contribution in [0.3, 0.4) is 0 Å². The Morgan fingerprint density at radius 1 is 0.414 bits per heavy atom. The third-order valence-corrected chi connectivity index (χ3v) is 12.5. The number of hydrogen-bond donors (Lipinski definition) is 0. The molecule has 5 heteroatoms. The molecule has 12 aromatic rings. The minimum absolute atomic E-state index is 0.583. The summed E-state index contributed by atoms with van der Waals surface area (Å²) in [6, 6.07) is 68.7. The third kappa shape index (κ3) is 5.25. The van der Waals surface area contributed by atoms with Crippen LogP contribution in [-0.4, -0.2) is 4.98 Å². The zero-order valence-corrected chi connectivity index (χ0v) is 31.9. The topological polar surface area (TPSA) is 42.4 Å². The number of thiophene rings is 1. The SMILES string of the molecule is c1ccc(-c2nc3cc4c(oc5ccccc54)c(-c4ccc(N(c5ccc(-c6cccc7ccccc67)cc5)c5ccc6sc7ccccc7c6c5)cc4)c3o2)cc1. The van der Waals surface area contributed by atoms with Crippen molar-refractivity contribution in [3.8, 4) is 33.7 Å². The van der Waals surface area contributed by atoms with Crippen LogP contribution in [0.15, 0.2) is 203 Å².